The average molecular weight is 486 g/mol. The number of esters is 1. The lowest BCUT2D eigenvalue weighted by molar-refractivity contribution is -0.151. The van der Waals surface area contributed by atoms with Gasteiger partial charge >= 0.3 is 5.97 Å². The molecule has 2 aromatic carbocycles. The highest BCUT2D eigenvalue weighted by Gasteiger charge is 2.42. The fourth-order valence-corrected chi connectivity index (χ4v) is 4.58. The first kappa shape index (κ1) is 24.8. The first-order valence-electron chi connectivity index (χ1n) is 10.8. The SMILES string of the molecule is CCCOC(=O)C(c1ccccc1)N1C(=O)/C(=C/c2ccc(OCCC)c(OC)c2)SC1=S. The molecular weight excluding hydrogens is 458 g/mol. The number of thioether (sulfide) groups is 1. The van der Waals surface area contributed by atoms with Crippen molar-refractivity contribution in [2.24, 2.45) is 0 Å². The molecule has 2 aromatic rings. The molecule has 6 nitrogen and oxygen atoms in total. The van der Waals surface area contributed by atoms with Gasteiger partial charge in [-0.3, -0.25) is 9.69 Å². The molecule has 0 spiro atoms. The number of hydrogen-bond acceptors (Lipinski definition) is 7. The summed E-state index contributed by atoms with van der Waals surface area (Å²) in [5.74, 6) is 0.391. The van der Waals surface area contributed by atoms with E-state index in [1.807, 2.05) is 50.2 Å². The highest BCUT2D eigenvalue weighted by atomic mass is 32.2. The van der Waals surface area contributed by atoms with E-state index in [0.717, 1.165) is 23.7 Å². The van der Waals surface area contributed by atoms with Crippen LogP contribution in [0.1, 0.15) is 43.9 Å². The molecule has 1 aliphatic heterocycles. The van der Waals surface area contributed by atoms with E-state index in [4.69, 9.17) is 26.4 Å². The van der Waals surface area contributed by atoms with Gasteiger partial charge in [0.2, 0.25) is 0 Å². The van der Waals surface area contributed by atoms with Crippen LogP contribution in [0.2, 0.25) is 0 Å². The number of ether oxygens (including phenoxy) is 3. The molecule has 0 aliphatic carbocycles. The fraction of sp³-hybridized carbons (Fsp3) is 0.320. The monoisotopic (exact) mass is 485 g/mol. The van der Waals surface area contributed by atoms with Crippen LogP contribution in [-0.4, -0.2) is 41.4 Å². The van der Waals surface area contributed by atoms with E-state index in [0.29, 0.717) is 39.3 Å². The first-order chi connectivity index (χ1) is 16.0. The van der Waals surface area contributed by atoms with Crippen molar-refractivity contribution in [2.75, 3.05) is 20.3 Å². The topological polar surface area (TPSA) is 65.1 Å². The average Bonchev–Trinajstić information content (AvgIpc) is 3.10. The van der Waals surface area contributed by atoms with Crippen molar-refractivity contribution < 1.29 is 23.8 Å². The molecule has 8 heteroatoms. The molecule has 0 saturated carbocycles. The van der Waals surface area contributed by atoms with Crippen molar-refractivity contribution in [3.63, 3.8) is 0 Å². The Balaban J connectivity index is 1.91. The van der Waals surface area contributed by atoms with Gasteiger partial charge in [-0.15, -0.1) is 0 Å². The number of amides is 1. The van der Waals surface area contributed by atoms with Crippen molar-refractivity contribution >= 4 is 46.3 Å². The smallest absolute Gasteiger partial charge is 0.333 e. The molecule has 0 N–H and O–H groups in total. The summed E-state index contributed by atoms with van der Waals surface area (Å²) < 4.78 is 16.8. The van der Waals surface area contributed by atoms with Crippen molar-refractivity contribution in [3.05, 3.63) is 64.6 Å². The van der Waals surface area contributed by atoms with Crippen molar-refractivity contribution in [2.45, 2.75) is 32.7 Å². The fourth-order valence-electron chi connectivity index (χ4n) is 3.27. The van der Waals surface area contributed by atoms with Gasteiger partial charge in [-0.25, -0.2) is 4.79 Å². The number of nitrogens with zero attached hydrogens (tertiary/aromatic N) is 1. The van der Waals surface area contributed by atoms with Crippen LogP contribution in [-0.2, 0) is 14.3 Å². The minimum absolute atomic E-state index is 0.277. The Labute approximate surface area is 203 Å². The number of carbonyl (C=O) groups is 2. The normalized spacial score (nSPS) is 15.6. The van der Waals surface area contributed by atoms with E-state index >= 15 is 0 Å². The second kappa shape index (κ2) is 11.9. The molecule has 174 valence electrons. The van der Waals surface area contributed by atoms with Crippen LogP contribution in [0.5, 0.6) is 11.5 Å². The lowest BCUT2D eigenvalue weighted by Gasteiger charge is -2.25. The molecular formula is C25H27NO5S2. The van der Waals surface area contributed by atoms with Gasteiger partial charge in [0, 0.05) is 0 Å². The third-order valence-corrected chi connectivity index (χ3v) is 6.15. The summed E-state index contributed by atoms with van der Waals surface area (Å²) >= 11 is 6.67. The Morgan fingerprint density at radius 3 is 2.48 bits per heavy atom. The zero-order valence-corrected chi connectivity index (χ0v) is 20.5. The van der Waals surface area contributed by atoms with Gasteiger partial charge in [-0.1, -0.05) is 74.2 Å². The Morgan fingerprint density at radius 1 is 1.09 bits per heavy atom. The van der Waals surface area contributed by atoms with Crippen molar-refractivity contribution in [1.29, 1.82) is 0 Å². The molecule has 1 unspecified atom stereocenters. The summed E-state index contributed by atoms with van der Waals surface area (Å²) in [6.45, 7) is 4.81. The molecule has 1 heterocycles. The van der Waals surface area contributed by atoms with Crippen LogP contribution >= 0.6 is 24.0 Å². The van der Waals surface area contributed by atoms with E-state index in [9.17, 15) is 9.59 Å². The lowest BCUT2D eigenvalue weighted by atomic mass is 10.1. The minimum Gasteiger partial charge on any atom is -0.493 e. The summed E-state index contributed by atoms with van der Waals surface area (Å²) in [5, 5.41) is 0. The van der Waals surface area contributed by atoms with Crippen LogP contribution in [0.3, 0.4) is 0 Å². The van der Waals surface area contributed by atoms with E-state index in [-0.39, 0.29) is 12.5 Å². The van der Waals surface area contributed by atoms with Gasteiger partial charge in [-0.2, -0.15) is 0 Å². The second-order valence-electron chi connectivity index (χ2n) is 7.29. The van der Waals surface area contributed by atoms with Gasteiger partial charge in [0.15, 0.2) is 17.5 Å². The summed E-state index contributed by atoms with van der Waals surface area (Å²) in [4.78, 5) is 28.0. The van der Waals surface area contributed by atoms with Crippen LogP contribution in [0.4, 0.5) is 0 Å². The molecule has 1 saturated heterocycles. The largest absolute Gasteiger partial charge is 0.493 e. The quantitative estimate of drug-likeness (QED) is 0.254. The van der Waals surface area contributed by atoms with Gasteiger partial charge in [0.05, 0.1) is 25.2 Å². The summed E-state index contributed by atoms with van der Waals surface area (Å²) in [6.07, 6.45) is 3.31. The van der Waals surface area contributed by atoms with Gasteiger partial charge in [0.25, 0.3) is 5.91 Å². The lowest BCUT2D eigenvalue weighted by Crippen LogP contribution is -2.38. The minimum atomic E-state index is -0.935. The molecule has 0 aromatic heterocycles. The predicted octanol–water partition coefficient (Wildman–Crippen LogP) is 5.38. The Kier molecular flexibility index (Phi) is 8.91. The molecule has 1 amide bonds. The highest BCUT2D eigenvalue weighted by molar-refractivity contribution is 8.26. The summed E-state index contributed by atoms with van der Waals surface area (Å²) in [5.41, 5.74) is 1.41. The van der Waals surface area contributed by atoms with E-state index in [1.165, 1.54) is 4.90 Å². The van der Waals surface area contributed by atoms with Crippen LogP contribution < -0.4 is 9.47 Å². The second-order valence-corrected chi connectivity index (χ2v) is 8.97. The van der Waals surface area contributed by atoms with Crippen LogP contribution in [0, 0.1) is 0 Å². The molecule has 0 bridgehead atoms. The Morgan fingerprint density at radius 2 is 1.82 bits per heavy atom. The van der Waals surface area contributed by atoms with E-state index < -0.39 is 12.0 Å². The number of thiocarbonyl (C=S) groups is 1. The molecule has 0 radical (unpaired) electrons. The van der Waals surface area contributed by atoms with Crippen molar-refractivity contribution in [3.8, 4) is 11.5 Å². The summed E-state index contributed by atoms with van der Waals surface area (Å²) in [7, 11) is 1.57. The number of hydrogen-bond donors (Lipinski definition) is 0. The first-order valence-corrected chi connectivity index (χ1v) is 12.0. The molecule has 1 atom stereocenters. The number of rotatable bonds is 10. The third kappa shape index (κ3) is 5.94. The molecule has 1 aliphatic rings. The maximum Gasteiger partial charge on any atom is 0.333 e. The zero-order chi connectivity index (χ0) is 23.8. The van der Waals surface area contributed by atoms with Crippen LogP contribution in [0.15, 0.2) is 53.4 Å². The number of methoxy groups -OCH3 is 1. The Hall–Kier alpha value is -2.84. The number of carbonyl (C=O) groups excluding carboxylic acids is 2. The molecule has 33 heavy (non-hydrogen) atoms. The number of benzene rings is 2. The molecule has 3 rings (SSSR count). The van der Waals surface area contributed by atoms with E-state index in [2.05, 4.69) is 0 Å². The zero-order valence-electron chi connectivity index (χ0n) is 18.9. The predicted molar refractivity (Wildman–Crippen MR) is 134 cm³/mol. The summed E-state index contributed by atoms with van der Waals surface area (Å²) in [6, 6.07) is 13.6. The highest BCUT2D eigenvalue weighted by Crippen LogP contribution is 2.39. The van der Waals surface area contributed by atoms with Gasteiger partial charge in [0.1, 0.15) is 4.32 Å². The van der Waals surface area contributed by atoms with Gasteiger partial charge < -0.3 is 14.2 Å². The Bertz CT molecular complexity index is 1040. The van der Waals surface area contributed by atoms with Crippen molar-refractivity contribution in [1.82, 2.24) is 4.90 Å². The maximum atomic E-state index is 13.4. The third-order valence-electron chi connectivity index (χ3n) is 4.82. The van der Waals surface area contributed by atoms with Gasteiger partial charge in [-0.05, 0) is 42.2 Å². The maximum absolute atomic E-state index is 13.4. The van der Waals surface area contributed by atoms with Crippen LogP contribution in [0.25, 0.3) is 6.08 Å². The standard InChI is InChI=1S/C25H27NO5S2/c1-4-13-30-19-12-11-17(15-20(19)29-3)16-21-23(27)26(25(32)33-21)22(24(28)31-14-5-2)18-9-7-6-8-10-18/h6-12,15-16,22H,4-5,13-14H2,1-3H3/b21-16-. The van der Waals surface area contributed by atoms with E-state index in [1.54, 1.807) is 25.3 Å². The molecule has 1 fully saturated rings.